The maximum atomic E-state index is 13.7. The highest BCUT2D eigenvalue weighted by atomic mass is 32.1. The predicted molar refractivity (Wildman–Crippen MR) is 98.3 cm³/mol. The van der Waals surface area contributed by atoms with Gasteiger partial charge in [0.15, 0.2) is 16.6 Å². The second-order valence-corrected chi connectivity index (χ2v) is 6.33. The summed E-state index contributed by atoms with van der Waals surface area (Å²) in [7, 11) is 0. The van der Waals surface area contributed by atoms with Crippen LogP contribution in [0.2, 0.25) is 0 Å². The molecule has 26 heavy (non-hydrogen) atoms. The van der Waals surface area contributed by atoms with Crippen LogP contribution >= 0.6 is 12.2 Å². The molecule has 0 saturated heterocycles. The van der Waals surface area contributed by atoms with Gasteiger partial charge in [-0.2, -0.15) is 5.10 Å². The predicted octanol–water partition coefficient (Wildman–Crippen LogP) is 2.66. The molecule has 4 rings (SSSR count). The first kappa shape index (κ1) is 16.6. The first-order valence-electron chi connectivity index (χ1n) is 8.08. The van der Waals surface area contributed by atoms with Gasteiger partial charge in [0.2, 0.25) is 0 Å². The molecule has 3 N–H and O–H groups in total. The van der Waals surface area contributed by atoms with Crippen LogP contribution in [0.15, 0.2) is 41.5 Å². The number of nitrogens with one attached hydrogen (secondary N) is 1. The van der Waals surface area contributed by atoms with E-state index in [9.17, 15) is 4.39 Å². The molecule has 2 aromatic rings. The molecule has 2 aliphatic rings. The zero-order valence-electron chi connectivity index (χ0n) is 13.7. The van der Waals surface area contributed by atoms with Crippen molar-refractivity contribution in [1.29, 1.82) is 0 Å². The van der Waals surface area contributed by atoms with Crippen LogP contribution in [0.4, 0.5) is 4.39 Å². The Kier molecular flexibility index (Phi) is 4.34. The van der Waals surface area contributed by atoms with Gasteiger partial charge in [0, 0.05) is 12.0 Å². The lowest BCUT2D eigenvalue weighted by Gasteiger charge is -2.28. The molecule has 2 aliphatic heterocycles. The van der Waals surface area contributed by atoms with Crippen molar-refractivity contribution in [2.24, 2.45) is 10.8 Å². The average Bonchev–Trinajstić information content (AvgIpc) is 2.65. The van der Waals surface area contributed by atoms with E-state index >= 15 is 0 Å². The van der Waals surface area contributed by atoms with Crippen LogP contribution in [0.1, 0.15) is 23.7 Å². The Morgan fingerprint density at radius 1 is 1.12 bits per heavy atom. The van der Waals surface area contributed by atoms with Gasteiger partial charge >= 0.3 is 0 Å². The van der Waals surface area contributed by atoms with E-state index in [4.69, 9.17) is 32.2 Å². The van der Waals surface area contributed by atoms with Gasteiger partial charge in [-0.25, -0.2) is 4.39 Å². The average molecular weight is 373 g/mol. The minimum Gasteiger partial charge on any atom is -0.486 e. The third-order valence-electron chi connectivity index (χ3n) is 4.14. The monoisotopic (exact) mass is 373 g/mol. The van der Waals surface area contributed by atoms with Gasteiger partial charge in [-0.05, 0) is 48.1 Å². The van der Waals surface area contributed by atoms with E-state index in [0.717, 1.165) is 5.56 Å². The number of hydrogen-bond donors (Lipinski definition) is 2. The van der Waals surface area contributed by atoms with Crippen molar-refractivity contribution in [3.63, 3.8) is 0 Å². The Balaban J connectivity index is 1.69. The Morgan fingerprint density at radius 3 is 2.69 bits per heavy atom. The van der Waals surface area contributed by atoms with Gasteiger partial charge in [0.25, 0.3) is 0 Å². The molecule has 1 atom stereocenters. The van der Waals surface area contributed by atoms with Crippen molar-refractivity contribution in [3.8, 4) is 17.2 Å². The van der Waals surface area contributed by atoms with Crippen molar-refractivity contribution in [3.05, 3.63) is 53.3 Å². The quantitative estimate of drug-likeness (QED) is 0.623. The van der Waals surface area contributed by atoms with Crippen LogP contribution in [0.5, 0.6) is 17.2 Å². The summed E-state index contributed by atoms with van der Waals surface area (Å²) in [6.45, 7) is 1.04. The van der Waals surface area contributed by atoms with E-state index in [-0.39, 0.29) is 17.0 Å². The second-order valence-electron chi connectivity index (χ2n) is 5.89. The molecule has 0 spiro atoms. The summed E-state index contributed by atoms with van der Waals surface area (Å²) in [4.78, 5) is 0. The number of thiocarbonyl (C=S) groups is 1. The van der Waals surface area contributed by atoms with Crippen molar-refractivity contribution in [2.45, 2.75) is 12.5 Å². The molecule has 0 saturated carbocycles. The van der Waals surface area contributed by atoms with Gasteiger partial charge in [0.05, 0.1) is 5.71 Å². The summed E-state index contributed by atoms with van der Waals surface area (Å²) >= 11 is 4.80. The maximum absolute atomic E-state index is 13.7. The van der Waals surface area contributed by atoms with E-state index in [0.29, 0.717) is 48.2 Å². The molecule has 0 amide bonds. The molecule has 2 heterocycles. The normalized spacial score (nSPS) is 19.4. The van der Waals surface area contributed by atoms with E-state index in [1.54, 1.807) is 6.07 Å². The van der Waals surface area contributed by atoms with Crippen LogP contribution in [0.3, 0.4) is 0 Å². The number of fused-ring (bicyclic) bond motifs is 2. The number of halogens is 1. The Bertz CT molecular complexity index is 903. The lowest BCUT2D eigenvalue weighted by Crippen LogP contribution is -2.28. The van der Waals surface area contributed by atoms with Crippen molar-refractivity contribution in [1.82, 2.24) is 5.43 Å². The summed E-state index contributed by atoms with van der Waals surface area (Å²) < 4.78 is 30.9. The molecule has 2 aromatic carbocycles. The number of nitrogens with two attached hydrogens (primary N) is 1. The van der Waals surface area contributed by atoms with Gasteiger partial charge in [-0.3, -0.25) is 5.43 Å². The number of benzene rings is 2. The summed E-state index contributed by atoms with van der Waals surface area (Å²) in [6.07, 6.45) is 0.113. The van der Waals surface area contributed by atoms with Gasteiger partial charge in [-0.15, -0.1) is 0 Å². The van der Waals surface area contributed by atoms with Gasteiger partial charge in [-0.1, -0.05) is 6.07 Å². The lowest BCUT2D eigenvalue weighted by molar-refractivity contribution is 0.169. The highest BCUT2D eigenvalue weighted by molar-refractivity contribution is 7.80. The SMILES string of the molecule is NC(=S)N/N=C1\C[C@H](c2ccc3c(c2)OCCO3)Oc2ccc(F)cc21. The molecule has 0 aromatic heterocycles. The molecule has 0 radical (unpaired) electrons. The third kappa shape index (κ3) is 3.28. The molecular weight excluding hydrogens is 357 g/mol. The standard InChI is InChI=1S/C18H16FN3O3S/c19-11-2-4-14-12(8-11)13(21-22-18(20)26)9-16(25-14)10-1-3-15-17(7-10)24-6-5-23-15/h1-4,7-8,16H,5-6,9H2,(H3,20,22,26)/b21-13+/t16-/m1/s1. The van der Waals surface area contributed by atoms with E-state index in [1.807, 2.05) is 18.2 Å². The van der Waals surface area contributed by atoms with Gasteiger partial charge in [0.1, 0.15) is 30.9 Å². The molecule has 6 nitrogen and oxygen atoms in total. The van der Waals surface area contributed by atoms with Gasteiger partial charge < -0.3 is 19.9 Å². The van der Waals surface area contributed by atoms with Crippen molar-refractivity contribution >= 4 is 23.0 Å². The molecule has 0 bridgehead atoms. The molecule has 134 valence electrons. The molecule has 0 aliphatic carbocycles. The van der Waals surface area contributed by atoms with E-state index in [1.165, 1.54) is 12.1 Å². The molecule has 0 fully saturated rings. The first-order chi connectivity index (χ1) is 12.6. The minimum absolute atomic E-state index is 0.0397. The maximum Gasteiger partial charge on any atom is 0.184 e. The van der Waals surface area contributed by atoms with E-state index < -0.39 is 0 Å². The Hall–Kier alpha value is -2.87. The minimum atomic E-state index is -0.367. The Labute approximate surface area is 154 Å². The fourth-order valence-electron chi connectivity index (χ4n) is 2.99. The topological polar surface area (TPSA) is 78.1 Å². The first-order valence-corrected chi connectivity index (χ1v) is 8.49. The van der Waals surface area contributed by atoms with Crippen molar-refractivity contribution in [2.75, 3.05) is 13.2 Å². The molecule has 0 unspecified atom stereocenters. The number of hydrogen-bond acceptors (Lipinski definition) is 5. The fraction of sp³-hybridized carbons (Fsp3) is 0.222. The van der Waals surface area contributed by atoms with Crippen molar-refractivity contribution < 1.29 is 18.6 Å². The second kappa shape index (κ2) is 6.80. The van der Waals surface area contributed by atoms with E-state index in [2.05, 4.69) is 10.5 Å². The number of ether oxygens (including phenoxy) is 3. The zero-order valence-corrected chi connectivity index (χ0v) is 14.5. The highest BCUT2D eigenvalue weighted by Gasteiger charge is 2.28. The zero-order chi connectivity index (χ0) is 18.1. The fourth-order valence-corrected chi connectivity index (χ4v) is 3.03. The van der Waals surface area contributed by atoms with Crippen LogP contribution in [0.25, 0.3) is 0 Å². The lowest BCUT2D eigenvalue weighted by atomic mass is 9.95. The van der Waals surface area contributed by atoms with Crippen LogP contribution < -0.4 is 25.4 Å². The number of nitrogens with zero attached hydrogens (tertiary/aromatic N) is 1. The molecular formula is C18H16FN3O3S. The van der Waals surface area contributed by atoms with Crippen LogP contribution in [0, 0.1) is 5.82 Å². The largest absolute Gasteiger partial charge is 0.486 e. The van der Waals surface area contributed by atoms with Crippen LogP contribution in [-0.4, -0.2) is 24.0 Å². The molecule has 8 heteroatoms. The summed E-state index contributed by atoms with van der Waals surface area (Å²) in [5, 5.41) is 4.27. The number of hydrazone groups is 1. The van der Waals surface area contributed by atoms with Crippen LogP contribution in [-0.2, 0) is 0 Å². The Morgan fingerprint density at radius 2 is 1.88 bits per heavy atom. The third-order valence-corrected chi connectivity index (χ3v) is 4.23. The number of rotatable bonds is 2. The summed E-state index contributed by atoms with van der Waals surface area (Å²) in [6, 6.07) is 10.00. The highest BCUT2D eigenvalue weighted by Crippen LogP contribution is 2.39. The summed E-state index contributed by atoms with van der Waals surface area (Å²) in [5.41, 5.74) is 10.1. The smallest absolute Gasteiger partial charge is 0.184 e. The summed E-state index contributed by atoms with van der Waals surface area (Å²) in [5.74, 6) is 1.57.